The molecule has 0 aliphatic carbocycles. The van der Waals surface area contributed by atoms with Crippen molar-refractivity contribution in [1.82, 2.24) is 0 Å². The van der Waals surface area contributed by atoms with Gasteiger partial charge in [-0.15, -0.1) is 0 Å². The molecule has 0 aromatic heterocycles. The maximum absolute atomic E-state index is 8.76. The fourth-order valence-corrected chi connectivity index (χ4v) is 2.35. The fraction of sp³-hybridized carbons (Fsp3) is 0.467. The number of hydrogen-bond donors (Lipinski definition) is 1. The van der Waals surface area contributed by atoms with Gasteiger partial charge in [-0.1, -0.05) is 36.9 Å². The van der Waals surface area contributed by atoms with Crippen LogP contribution in [0.5, 0.6) is 0 Å². The molecule has 18 heavy (non-hydrogen) atoms. The minimum Gasteiger partial charge on any atom is -0.502 e. The standard InChI is InChI=1S/C15H22O2S/c1-2-17-11-10-15(9-6-12-18-16)13-14-7-4-3-5-8-14/h2-5,7-8,15-16H,1,6,9-13H2. The zero-order valence-electron chi connectivity index (χ0n) is 10.8. The molecule has 0 spiro atoms. The summed E-state index contributed by atoms with van der Waals surface area (Å²) in [6.07, 6.45) is 5.80. The minimum absolute atomic E-state index is 0.611. The molecule has 0 radical (unpaired) electrons. The summed E-state index contributed by atoms with van der Waals surface area (Å²) in [7, 11) is 0. The van der Waals surface area contributed by atoms with Gasteiger partial charge in [0.05, 0.1) is 12.9 Å². The molecule has 0 heterocycles. The summed E-state index contributed by atoms with van der Waals surface area (Å²) in [5, 5.41) is 0. The second kappa shape index (κ2) is 10.0. The van der Waals surface area contributed by atoms with Gasteiger partial charge < -0.3 is 9.29 Å². The van der Waals surface area contributed by atoms with E-state index in [4.69, 9.17) is 9.29 Å². The molecule has 1 atom stereocenters. The van der Waals surface area contributed by atoms with Crippen molar-refractivity contribution < 1.29 is 9.29 Å². The van der Waals surface area contributed by atoms with Gasteiger partial charge in [-0.25, -0.2) is 0 Å². The largest absolute Gasteiger partial charge is 0.502 e. The normalized spacial score (nSPS) is 12.1. The molecule has 100 valence electrons. The predicted octanol–water partition coefficient (Wildman–Crippen LogP) is 4.38. The Hall–Kier alpha value is -0.930. The Bertz CT molecular complexity index is 314. The lowest BCUT2D eigenvalue weighted by molar-refractivity contribution is 0.218. The lowest BCUT2D eigenvalue weighted by atomic mass is 9.92. The van der Waals surface area contributed by atoms with E-state index in [1.54, 1.807) is 0 Å². The van der Waals surface area contributed by atoms with E-state index in [1.165, 1.54) is 11.8 Å². The summed E-state index contributed by atoms with van der Waals surface area (Å²) in [5.41, 5.74) is 1.37. The molecule has 0 saturated heterocycles. The van der Waals surface area contributed by atoms with Crippen LogP contribution in [0.15, 0.2) is 43.2 Å². The monoisotopic (exact) mass is 266 g/mol. The van der Waals surface area contributed by atoms with E-state index in [0.29, 0.717) is 5.92 Å². The van der Waals surface area contributed by atoms with Crippen LogP contribution in [0.4, 0.5) is 0 Å². The smallest absolute Gasteiger partial charge is 0.0875 e. The van der Waals surface area contributed by atoms with Crippen LogP contribution in [0.1, 0.15) is 24.8 Å². The highest BCUT2D eigenvalue weighted by molar-refractivity contribution is 7.93. The Morgan fingerprint density at radius 2 is 2.06 bits per heavy atom. The van der Waals surface area contributed by atoms with Gasteiger partial charge in [0, 0.05) is 5.75 Å². The molecule has 0 aliphatic rings. The van der Waals surface area contributed by atoms with Gasteiger partial charge in [-0.2, -0.15) is 0 Å². The Balaban J connectivity index is 2.40. The predicted molar refractivity (Wildman–Crippen MR) is 78.7 cm³/mol. The highest BCUT2D eigenvalue weighted by Crippen LogP contribution is 2.19. The Kier molecular flexibility index (Phi) is 8.43. The second-order valence-electron chi connectivity index (χ2n) is 4.36. The molecule has 0 fully saturated rings. The van der Waals surface area contributed by atoms with Crippen LogP contribution in [0, 0.1) is 5.92 Å². The molecule has 1 rings (SSSR count). The number of benzene rings is 1. The molecular weight excluding hydrogens is 244 g/mol. The van der Waals surface area contributed by atoms with Crippen molar-refractivity contribution in [3.63, 3.8) is 0 Å². The Morgan fingerprint density at radius 3 is 2.72 bits per heavy atom. The molecule has 2 nitrogen and oxygen atoms in total. The zero-order valence-corrected chi connectivity index (χ0v) is 11.6. The fourth-order valence-electron chi connectivity index (χ4n) is 2.05. The summed E-state index contributed by atoms with van der Waals surface area (Å²) in [6.45, 7) is 4.29. The van der Waals surface area contributed by atoms with Crippen molar-refractivity contribution in [1.29, 1.82) is 0 Å². The van der Waals surface area contributed by atoms with Gasteiger partial charge in [0.15, 0.2) is 0 Å². The van der Waals surface area contributed by atoms with Crippen LogP contribution in [-0.2, 0) is 11.2 Å². The summed E-state index contributed by atoms with van der Waals surface area (Å²) < 4.78 is 14.0. The molecule has 1 N–H and O–H groups in total. The van der Waals surface area contributed by atoms with Gasteiger partial charge in [-0.05, 0) is 49.2 Å². The minimum atomic E-state index is 0.611. The van der Waals surface area contributed by atoms with Gasteiger partial charge >= 0.3 is 0 Å². The van der Waals surface area contributed by atoms with Crippen molar-refractivity contribution >= 4 is 12.0 Å². The zero-order chi connectivity index (χ0) is 13.1. The molecule has 0 saturated carbocycles. The van der Waals surface area contributed by atoms with Gasteiger partial charge in [0.1, 0.15) is 0 Å². The highest BCUT2D eigenvalue weighted by atomic mass is 32.2. The number of ether oxygens (including phenoxy) is 1. The Labute approximate surface area is 114 Å². The van der Waals surface area contributed by atoms with Crippen LogP contribution < -0.4 is 0 Å². The first-order chi connectivity index (χ1) is 8.86. The molecule has 1 aromatic carbocycles. The second-order valence-corrected chi connectivity index (χ2v) is 5.02. The summed E-state index contributed by atoms with van der Waals surface area (Å²) in [6, 6.07) is 10.5. The van der Waals surface area contributed by atoms with E-state index in [-0.39, 0.29) is 0 Å². The molecule has 3 heteroatoms. The summed E-state index contributed by atoms with van der Waals surface area (Å²) >= 11 is 0.931. The summed E-state index contributed by atoms with van der Waals surface area (Å²) in [5.74, 6) is 1.42. The maximum atomic E-state index is 8.76. The van der Waals surface area contributed by atoms with Crippen LogP contribution in [-0.4, -0.2) is 16.9 Å². The lowest BCUT2D eigenvalue weighted by Gasteiger charge is -2.16. The van der Waals surface area contributed by atoms with Crippen molar-refractivity contribution in [2.24, 2.45) is 5.92 Å². The molecule has 0 aliphatic heterocycles. The van der Waals surface area contributed by atoms with Crippen molar-refractivity contribution in [3.8, 4) is 0 Å². The van der Waals surface area contributed by atoms with E-state index in [2.05, 4.69) is 30.8 Å². The third-order valence-electron chi connectivity index (χ3n) is 2.98. The lowest BCUT2D eigenvalue weighted by Crippen LogP contribution is -2.08. The summed E-state index contributed by atoms with van der Waals surface area (Å²) in [4.78, 5) is 0. The van der Waals surface area contributed by atoms with Crippen LogP contribution in [0.3, 0.4) is 0 Å². The molecular formula is C15H22O2S. The van der Waals surface area contributed by atoms with E-state index < -0.39 is 0 Å². The number of hydrogen-bond acceptors (Lipinski definition) is 3. The van der Waals surface area contributed by atoms with E-state index >= 15 is 0 Å². The Morgan fingerprint density at radius 1 is 1.28 bits per heavy atom. The third kappa shape index (κ3) is 6.72. The first-order valence-electron chi connectivity index (χ1n) is 6.39. The van der Waals surface area contributed by atoms with Gasteiger partial charge in [0.2, 0.25) is 0 Å². The van der Waals surface area contributed by atoms with Crippen molar-refractivity contribution in [2.45, 2.75) is 25.7 Å². The first-order valence-corrected chi connectivity index (χ1v) is 7.34. The molecule has 0 amide bonds. The van der Waals surface area contributed by atoms with Crippen molar-refractivity contribution in [3.05, 3.63) is 48.7 Å². The average Bonchev–Trinajstić information content (AvgIpc) is 2.40. The average molecular weight is 266 g/mol. The molecule has 1 unspecified atom stereocenters. The van der Waals surface area contributed by atoms with E-state index in [9.17, 15) is 0 Å². The van der Waals surface area contributed by atoms with Crippen LogP contribution in [0.25, 0.3) is 0 Å². The third-order valence-corrected chi connectivity index (χ3v) is 3.45. The quantitative estimate of drug-likeness (QED) is 0.387. The topological polar surface area (TPSA) is 29.5 Å². The van der Waals surface area contributed by atoms with Crippen molar-refractivity contribution in [2.75, 3.05) is 12.4 Å². The van der Waals surface area contributed by atoms with E-state index in [0.717, 1.165) is 50.1 Å². The maximum Gasteiger partial charge on any atom is 0.0875 e. The van der Waals surface area contributed by atoms with Crippen LogP contribution >= 0.6 is 12.0 Å². The number of rotatable bonds is 10. The van der Waals surface area contributed by atoms with E-state index in [1.807, 2.05) is 6.07 Å². The SMILES string of the molecule is C=COCCC(CCCSO)Cc1ccccc1. The molecule has 1 aromatic rings. The van der Waals surface area contributed by atoms with Gasteiger partial charge in [0.25, 0.3) is 0 Å². The molecule has 0 bridgehead atoms. The van der Waals surface area contributed by atoms with Crippen LogP contribution in [0.2, 0.25) is 0 Å². The van der Waals surface area contributed by atoms with Gasteiger partial charge in [-0.3, -0.25) is 0 Å². The highest BCUT2D eigenvalue weighted by Gasteiger charge is 2.09. The first kappa shape index (κ1) is 15.1.